The van der Waals surface area contributed by atoms with Crippen molar-refractivity contribution in [2.75, 3.05) is 13.6 Å². The quantitative estimate of drug-likeness (QED) is 0.874. The minimum absolute atomic E-state index is 0.0647. The van der Waals surface area contributed by atoms with E-state index in [1.165, 1.54) is 22.7 Å². The maximum absolute atomic E-state index is 12.4. The van der Waals surface area contributed by atoms with Crippen molar-refractivity contribution in [3.8, 4) is 5.75 Å². The molecule has 1 aromatic carbocycles. The lowest BCUT2D eigenvalue weighted by Gasteiger charge is -2.21. The predicted molar refractivity (Wildman–Crippen MR) is 83.8 cm³/mol. The SMILES string of the molecule is CN(C[C@@H]1Cc2ccccc2O1)C(=O)c1cn(C)c(=O)[nH]c1=O. The maximum Gasteiger partial charge on any atom is 0.328 e. The van der Waals surface area contributed by atoms with Gasteiger partial charge in [-0.05, 0) is 11.6 Å². The summed E-state index contributed by atoms with van der Waals surface area (Å²) in [6.07, 6.45) is 1.83. The molecule has 7 heteroatoms. The zero-order chi connectivity index (χ0) is 16.6. The number of carbonyl (C=O) groups is 1. The van der Waals surface area contributed by atoms with Crippen molar-refractivity contribution >= 4 is 5.91 Å². The third-order valence-electron chi connectivity index (χ3n) is 3.88. The van der Waals surface area contributed by atoms with Gasteiger partial charge in [-0.3, -0.25) is 14.6 Å². The molecule has 3 rings (SSSR count). The molecular weight excluding hydrogens is 298 g/mol. The van der Waals surface area contributed by atoms with Crippen LogP contribution in [0.2, 0.25) is 0 Å². The molecule has 23 heavy (non-hydrogen) atoms. The van der Waals surface area contributed by atoms with E-state index in [0.29, 0.717) is 6.54 Å². The molecule has 2 heterocycles. The fourth-order valence-electron chi connectivity index (χ4n) is 2.67. The van der Waals surface area contributed by atoms with Gasteiger partial charge in [0.15, 0.2) is 0 Å². The molecule has 0 unspecified atom stereocenters. The van der Waals surface area contributed by atoms with Gasteiger partial charge in [-0.15, -0.1) is 0 Å². The number of aromatic amines is 1. The van der Waals surface area contributed by atoms with Gasteiger partial charge in [-0.25, -0.2) is 4.79 Å². The molecule has 2 aromatic rings. The van der Waals surface area contributed by atoms with Crippen LogP contribution in [-0.4, -0.2) is 40.1 Å². The van der Waals surface area contributed by atoms with Crippen LogP contribution in [0.25, 0.3) is 0 Å². The molecule has 0 aliphatic carbocycles. The van der Waals surface area contributed by atoms with Crippen LogP contribution in [0.3, 0.4) is 0 Å². The second-order valence-electron chi connectivity index (χ2n) is 5.65. The number of benzene rings is 1. The van der Waals surface area contributed by atoms with Gasteiger partial charge < -0.3 is 14.2 Å². The number of para-hydroxylation sites is 1. The number of aromatic nitrogens is 2. The number of rotatable bonds is 3. The van der Waals surface area contributed by atoms with Crippen molar-refractivity contribution < 1.29 is 9.53 Å². The van der Waals surface area contributed by atoms with E-state index in [9.17, 15) is 14.4 Å². The summed E-state index contributed by atoms with van der Waals surface area (Å²) >= 11 is 0. The van der Waals surface area contributed by atoms with E-state index in [0.717, 1.165) is 17.7 Å². The van der Waals surface area contributed by atoms with Crippen LogP contribution in [0.5, 0.6) is 5.75 Å². The first kappa shape index (κ1) is 15.1. The highest BCUT2D eigenvalue weighted by molar-refractivity contribution is 5.93. The third kappa shape index (κ3) is 2.90. The van der Waals surface area contributed by atoms with Crippen molar-refractivity contribution in [2.24, 2.45) is 7.05 Å². The summed E-state index contributed by atoms with van der Waals surface area (Å²) in [5, 5.41) is 0. The average molecular weight is 315 g/mol. The number of hydrogen-bond acceptors (Lipinski definition) is 4. The van der Waals surface area contributed by atoms with Crippen molar-refractivity contribution in [2.45, 2.75) is 12.5 Å². The van der Waals surface area contributed by atoms with Crippen LogP contribution in [-0.2, 0) is 13.5 Å². The van der Waals surface area contributed by atoms with Crippen LogP contribution in [0.1, 0.15) is 15.9 Å². The standard InChI is InChI=1S/C16H17N3O4/c1-18(8-11-7-10-5-3-4-6-13(10)23-11)15(21)12-9-19(2)16(22)17-14(12)20/h3-6,9,11H,7-8H2,1-2H3,(H,17,20,22)/t11-/m0/s1. The number of carbonyl (C=O) groups excluding carboxylic acids is 1. The van der Waals surface area contributed by atoms with Crippen molar-refractivity contribution in [1.29, 1.82) is 0 Å². The summed E-state index contributed by atoms with van der Waals surface area (Å²) in [5.74, 6) is 0.389. The molecule has 1 aromatic heterocycles. The van der Waals surface area contributed by atoms with Gasteiger partial charge >= 0.3 is 5.69 Å². The summed E-state index contributed by atoms with van der Waals surface area (Å²) in [4.78, 5) is 39.1. The second-order valence-corrected chi connectivity index (χ2v) is 5.65. The first-order valence-electron chi connectivity index (χ1n) is 7.25. The molecule has 1 atom stereocenters. The number of nitrogens with zero attached hydrogens (tertiary/aromatic N) is 2. The number of nitrogens with one attached hydrogen (secondary N) is 1. The van der Waals surface area contributed by atoms with Gasteiger partial charge in [0, 0.05) is 26.7 Å². The average Bonchev–Trinajstić information content (AvgIpc) is 2.92. The summed E-state index contributed by atoms with van der Waals surface area (Å²) in [6.45, 7) is 0.357. The fraction of sp³-hybridized carbons (Fsp3) is 0.312. The number of likely N-dealkylation sites (N-methyl/N-ethyl adjacent to an activating group) is 1. The summed E-state index contributed by atoms with van der Waals surface area (Å²) < 4.78 is 6.97. The van der Waals surface area contributed by atoms with Gasteiger partial charge in [-0.2, -0.15) is 0 Å². The Morgan fingerprint density at radius 1 is 1.39 bits per heavy atom. The van der Waals surface area contributed by atoms with E-state index >= 15 is 0 Å². The van der Waals surface area contributed by atoms with E-state index in [1.807, 2.05) is 24.3 Å². The number of fused-ring (bicyclic) bond motifs is 1. The zero-order valence-corrected chi connectivity index (χ0v) is 12.9. The summed E-state index contributed by atoms with van der Waals surface area (Å²) in [6, 6.07) is 7.74. The number of hydrogen-bond donors (Lipinski definition) is 1. The van der Waals surface area contributed by atoms with Crippen molar-refractivity contribution in [3.05, 3.63) is 62.4 Å². The Balaban J connectivity index is 1.73. The normalized spacial score (nSPS) is 15.8. The molecule has 0 fully saturated rings. The number of ether oxygens (including phenoxy) is 1. The van der Waals surface area contributed by atoms with Crippen LogP contribution in [0.4, 0.5) is 0 Å². The highest BCUT2D eigenvalue weighted by atomic mass is 16.5. The Morgan fingerprint density at radius 3 is 2.87 bits per heavy atom. The van der Waals surface area contributed by atoms with Gasteiger partial charge in [0.05, 0.1) is 6.54 Å². The molecule has 0 saturated carbocycles. The predicted octanol–water partition coefficient (Wildman–Crippen LogP) is 0.149. The Kier molecular flexibility index (Phi) is 3.77. The van der Waals surface area contributed by atoms with E-state index in [2.05, 4.69) is 4.98 Å². The topological polar surface area (TPSA) is 84.4 Å². The minimum Gasteiger partial charge on any atom is -0.488 e. The molecule has 7 nitrogen and oxygen atoms in total. The zero-order valence-electron chi connectivity index (χ0n) is 12.9. The first-order valence-corrected chi connectivity index (χ1v) is 7.25. The molecule has 0 spiro atoms. The fourth-order valence-corrected chi connectivity index (χ4v) is 2.67. The number of amides is 1. The Morgan fingerprint density at radius 2 is 2.13 bits per heavy atom. The lowest BCUT2D eigenvalue weighted by atomic mass is 10.1. The first-order chi connectivity index (χ1) is 11.0. The maximum atomic E-state index is 12.4. The van der Waals surface area contributed by atoms with Crippen LogP contribution in [0.15, 0.2) is 40.1 Å². The van der Waals surface area contributed by atoms with E-state index in [-0.39, 0.29) is 11.7 Å². The van der Waals surface area contributed by atoms with Crippen LogP contribution in [0, 0.1) is 0 Å². The van der Waals surface area contributed by atoms with Gasteiger partial charge in [0.2, 0.25) is 0 Å². The van der Waals surface area contributed by atoms with E-state index < -0.39 is 17.2 Å². The Hall–Kier alpha value is -2.83. The third-order valence-corrected chi connectivity index (χ3v) is 3.88. The lowest BCUT2D eigenvalue weighted by Crippen LogP contribution is -2.40. The molecular formula is C16H17N3O4. The van der Waals surface area contributed by atoms with Crippen molar-refractivity contribution in [1.82, 2.24) is 14.5 Å². The van der Waals surface area contributed by atoms with Gasteiger partial charge in [0.25, 0.3) is 11.5 Å². The van der Waals surface area contributed by atoms with E-state index in [4.69, 9.17) is 4.74 Å². The molecule has 1 aliphatic rings. The number of H-pyrrole nitrogens is 1. The Labute approximate surface area is 132 Å². The summed E-state index contributed by atoms with van der Waals surface area (Å²) in [7, 11) is 3.09. The van der Waals surface area contributed by atoms with Crippen molar-refractivity contribution in [3.63, 3.8) is 0 Å². The molecule has 0 radical (unpaired) electrons. The smallest absolute Gasteiger partial charge is 0.328 e. The van der Waals surface area contributed by atoms with Gasteiger partial charge in [-0.1, -0.05) is 18.2 Å². The monoisotopic (exact) mass is 315 g/mol. The highest BCUT2D eigenvalue weighted by Crippen LogP contribution is 2.28. The summed E-state index contributed by atoms with van der Waals surface area (Å²) in [5.41, 5.74) is -0.187. The minimum atomic E-state index is -0.680. The highest BCUT2D eigenvalue weighted by Gasteiger charge is 2.26. The largest absolute Gasteiger partial charge is 0.488 e. The molecule has 1 N–H and O–H groups in total. The lowest BCUT2D eigenvalue weighted by molar-refractivity contribution is 0.0727. The number of aryl methyl sites for hydroxylation is 1. The molecule has 1 amide bonds. The molecule has 1 aliphatic heterocycles. The Bertz CT molecular complexity index is 843. The van der Waals surface area contributed by atoms with Crippen LogP contribution < -0.4 is 16.0 Å². The molecule has 120 valence electrons. The second kappa shape index (κ2) is 5.75. The van der Waals surface area contributed by atoms with Gasteiger partial charge in [0.1, 0.15) is 17.4 Å². The van der Waals surface area contributed by atoms with E-state index in [1.54, 1.807) is 7.05 Å². The van der Waals surface area contributed by atoms with Crippen LogP contribution >= 0.6 is 0 Å². The molecule has 0 saturated heterocycles. The molecule has 0 bridgehead atoms.